The van der Waals surface area contributed by atoms with Crippen LogP contribution >= 0.6 is 0 Å². The first-order valence-corrected chi connectivity index (χ1v) is 9.30. The van der Waals surface area contributed by atoms with E-state index in [1.165, 1.54) is 0 Å². The van der Waals surface area contributed by atoms with E-state index in [2.05, 4.69) is 5.32 Å². The minimum atomic E-state index is -0.519. The van der Waals surface area contributed by atoms with Gasteiger partial charge in [0.25, 0.3) is 0 Å². The molecule has 28 heavy (non-hydrogen) atoms. The van der Waals surface area contributed by atoms with E-state index in [1.54, 1.807) is 4.90 Å². The Morgan fingerprint density at radius 3 is 2.46 bits per heavy atom. The van der Waals surface area contributed by atoms with Crippen LogP contribution in [0, 0.1) is 0 Å². The smallest absolute Gasteiger partial charge is 0.236 e. The molecule has 2 aliphatic rings. The average Bonchev–Trinajstić information content (AvgIpc) is 2.72. The molecule has 5 rings (SSSR count). The van der Waals surface area contributed by atoms with E-state index in [0.717, 1.165) is 16.6 Å². The maximum absolute atomic E-state index is 13.5. The normalized spacial score (nSPS) is 18.5. The van der Waals surface area contributed by atoms with E-state index in [-0.39, 0.29) is 18.2 Å². The van der Waals surface area contributed by atoms with E-state index in [4.69, 9.17) is 9.97 Å². The van der Waals surface area contributed by atoms with Crippen molar-refractivity contribution in [2.45, 2.75) is 12.3 Å². The zero-order chi connectivity index (χ0) is 19.3. The summed E-state index contributed by atoms with van der Waals surface area (Å²) in [7, 11) is 1.95. The van der Waals surface area contributed by atoms with Crippen LogP contribution in [0.2, 0.25) is 0 Å². The molecule has 0 spiro atoms. The Balaban J connectivity index is 1.60. The minimum absolute atomic E-state index is 0.110. The van der Waals surface area contributed by atoms with Gasteiger partial charge in [-0.3, -0.25) is 14.5 Å². The van der Waals surface area contributed by atoms with Crippen molar-refractivity contribution in [3.8, 4) is 0 Å². The molecule has 7 heteroatoms. The van der Waals surface area contributed by atoms with Crippen LogP contribution in [0.5, 0.6) is 0 Å². The van der Waals surface area contributed by atoms with Crippen molar-refractivity contribution in [3.63, 3.8) is 0 Å². The maximum atomic E-state index is 13.5. The molecule has 3 heterocycles. The molecule has 2 aromatic carbocycles. The van der Waals surface area contributed by atoms with Gasteiger partial charge in [0.1, 0.15) is 0 Å². The van der Waals surface area contributed by atoms with E-state index in [0.29, 0.717) is 30.4 Å². The first kappa shape index (κ1) is 16.7. The number of carbonyl (C=O) groups excluding carboxylic acids is 2. The number of amides is 2. The Bertz CT molecular complexity index is 1110. The molecule has 0 radical (unpaired) electrons. The zero-order valence-corrected chi connectivity index (χ0v) is 15.4. The number of hydrogen-bond donors (Lipinski definition) is 1. The standard InChI is InChI=1S/C21H19N5O2/c1-25-10-11-26(20-19(25)23-16-8-4-5-9-17(16)24-20)21(28)14-12-18(27)22-15-7-3-2-6-13(14)15/h2-9,14H,10-12H2,1H3,(H,22,27). The largest absolute Gasteiger partial charge is 0.355 e. The number of aromatic nitrogens is 2. The number of carbonyl (C=O) groups is 2. The Labute approximate surface area is 162 Å². The van der Waals surface area contributed by atoms with Gasteiger partial charge in [-0.2, -0.15) is 0 Å². The predicted octanol–water partition coefficient (Wildman–Crippen LogP) is 2.54. The Kier molecular flexibility index (Phi) is 3.75. The summed E-state index contributed by atoms with van der Waals surface area (Å²) in [6.45, 7) is 1.17. The van der Waals surface area contributed by atoms with Crippen molar-refractivity contribution in [1.29, 1.82) is 0 Å². The third-order valence-corrected chi connectivity index (χ3v) is 5.37. The fourth-order valence-corrected chi connectivity index (χ4v) is 3.91. The second-order valence-corrected chi connectivity index (χ2v) is 7.16. The molecule has 2 amide bonds. The van der Waals surface area contributed by atoms with Gasteiger partial charge in [0.05, 0.1) is 17.0 Å². The van der Waals surface area contributed by atoms with E-state index >= 15 is 0 Å². The molecule has 0 bridgehead atoms. The van der Waals surface area contributed by atoms with Crippen molar-refractivity contribution in [3.05, 3.63) is 54.1 Å². The Morgan fingerprint density at radius 1 is 1.00 bits per heavy atom. The second-order valence-electron chi connectivity index (χ2n) is 7.16. The molecule has 2 aliphatic heterocycles. The number of likely N-dealkylation sites (N-methyl/N-ethyl adjacent to an activating group) is 1. The number of nitrogens with zero attached hydrogens (tertiary/aromatic N) is 4. The van der Waals surface area contributed by atoms with Crippen molar-refractivity contribution in [2.24, 2.45) is 0 Å². The summed E-state index contributed by atoms with van der Waals surface area (Å²) in [6.07, 6.45) is 0.137. The van der Waals surface area contributed by atoms with Crippen LogP contribution in [0.1, 0.15) is 17.9 Å². The van der Waals surface area contributed by atoms with Gasteiger partial charge in [0, 0.05) is 32.2 Å². The third kappa shape index (κ3) is 2.58. The molecular weight excluding hydrogens is 354 g/mol. The van der Waals surface area contributed by atoms with Gasteiger partial charge in [-0.15, -0.1) is 0 Å². The highest BCUT2D eigenvalue weighted by molar-refractivity contribution is 6.07. The second kappa shape index (κ2) is 6.30. The summed E-state index contributed by atoms with van der Waals surface area (Å²) in [6, 6.07) is 15.1. The molecule has 0 saturated heterocycles. The fourth-order valence-electron chi connectivity index (χ4n) is 3.91. The Morgan fingerprint density at radius 2 is 1.68 bits per heavy atom. The SMILES string of the molecule is CN1CCN(C(=O)C2CC(=O)Nc3ccccc32)c2nc3ccccc3nc21. The quantitative estimate of drug-likeness (QED) is 0.709. The maximum Gasteiger partial charge on any atom is 0.236 e. The first-order valence-electron chi connectivity index (χ1n) is 9.30. The topological polar surface area (TPSA) is 78.4 Å². The fraction of sp³-hybridized carbons (Fsp3) is 0.238. The summed E-state index contributed by atoms with van der Waals surface area (Å²) in [5.41, 5.74) is 3.10. The van der Waals surface area contributed by atoms with Gasteiger partial charge in [-0.25, -0.2) is 9.97 Å². The molecular formula is C21H19N5O2. The number of anilines is 3. The number of fused-ring (bicyclic) bond motifs is 3. The lowest BCUT2D eigenvalue weighted by atomic mass is 9.89. The van der Waals surface area contributed by atoms with Gasteiger partial charge in [0.2, 0.25) is 11.8 Å². The van der Waals surface area contributed by atoms with Crippen LogP contribution in [0.4, 0.5) is 17.3 Å². The van der Waals surface area contributed by atoms with Gasteiger partial charge < -0.3 is 10.2 Å². The molecule has 1 atom stereocenters. The lowest BCUT2D eigenvalue weighted by Crippen LogP contribution is -2.46. The molecule has 140 valence electrons. The van der Waals surface area contributed by atoms with Gasteiger partial charge in [-0.1, -0.05) is 30.3 Å². The van der Waals surface area contributed by atoms with Crippen LogP contribution < -0.4 is 15.1 Å². The molecule has 0 saturated carbocycles. The Hall–Kier alpha value is -3.48. The van der Waals surface area contributed by atoms with Crippen molar-refractivity contribution < 1.29 is 9.59 Å². The highest BCUT2D eigenvalue weighted by Gasteiger charge is 2.37. The van der Waals surface area contributed by atoms with Crippen LogP contribution in [-0.2, 0) is 9.59 Å². The molecule has 1 unspecified atom stereocenters. The molecule has 7 nitrogen and oxygen atoms in total. The molecule has 0 fully saturated rings. The molecule has 1 N–H and O–H groups in total. The zero-order valence-electron chi connectivity index (χ0n) is 15.4. The summed E-state index contributed by atoms with van der Waals surface area (Å²) in [4.78, 5) is 38.9. The van der Waals surface area contributed by atoms with Gasteiger partial charge in [-0.05, 0) is 23.8 Å². The van der Waals surface area contributed by atoms with E-state index in [1.807, 2.05) is 60.5 Å². The highest BCUT2D eigenvalue weighted by atomic mass is 16.2. The summed E-state index contributed by atoms with van der Waals surface area (Å²) < 4.78 is 0. The number of nitrogens with one attached hydrogen (secondary N) is 1. The molecule has 1 aromatic heterocycles. The van der Waals surface area contributed by atoms with Crippen molar-refractivity contribution in [2.75, 3.05) is 35.3 Å². The summed E-state index contributed by atoms with van der Waals surface area (Å²) >= 11 is 0. The number of para-hydroxylation sites is 3. The third-order valence-electron chi connectivity index (χ3n) is 5.37. The van der Waals surface area contributed by atoms with Crippen LogP contribution in [0.15, 0.2) is 48.5 Å². The van der Waals surface area contributed by atoms with Crippen molar-refractivity contribution >= 4 is 40.2 Å². The summed E-state index contributed by atoms with van der Waals surface area (Å²) in [5.74, 6) is 0.472. The first-order chi connectivity index (χ1) is 13.6. The van der Waals surface area contributed by atoms with Crippen LogP contribution in [-0.4, -0.2) is 41.9 Å². The lowest BCUT2D eigenvalue weighted by Gasteiger charge is -2.36. The van der Waals surface area contributed by atoms with Crippen LogP contribution in [0.3, 0.4) is 0 Å². The average molecular weight is 373 g/mol. The lowest BCUT2D eigenvalue weighted by molar-refractivity contribution is -0.124. The predicted molar refractivity (Wildman–Crippen MR) is 108 cm³/mol. The van der Waals surface area contributed by atoms with Crippen molar-refractivity contribution in [1.82, 2.24) is 9.97 Å². The highest BCUT2D eigenvalue weighted by Crippen LogP contribution is 2.37. The van der Waals surface area contributed by atoms with Gasteiger partial charge in [0.15, 0.2) is 11.6 Å². The molecule has 3 aromatic rings. The monoisotopic (exact) mass is 373 g/mol. The number of hydrogen-bond acceptors (Lipinski definition) is 5. The number of rotatable bonds is 1. The summed E-state index contributed by atoms with van der Waals surface area (Å²) in [5, 5.41) is 2.85. The van der Waals surface area contributed by atoms with E-state index in [9.17, 15) is 9.59 Å². The number of benzene rings is 2. The minimum Gasteiger partial charge on any atom is -0.355 e. The van der Waals surface area contributed by atoms with E-state index < -0.39 is 5.92 Å². The molecule has 0 aliphatic carbocycles. The van der Waals surface area contributed by atoms with Crippen LogP contribution in [0.25, 0.3) is 11.0 Å². The van der Waals surface area contributed by atoms with Gasteiger partial charge >= 0.3 is 0 Å².